The van der Waals surface area contributed by atoms with Crippen molar-refractivity contribution in [1.82, 2.24) is 9.97 Å². The summed E-state index contributed by atoms with van der Waals surface area (Å²) in [5, 5.41) is 9.29. The Morgan fingerprint density at radius 1 is 1.27 bits per heavy atom. The van der Waals surface area contributed by atoms with Crippen molar-refractivity contribution in [3.63, 3.8) is 0 Å². The number of nitrogens with one attached hydrogen (secondary N) is 3. The molecule has 3 rings (SSSR count). The molecule has 1 saturated carbocycles. The maximum atomic E-state index is 14.1. The Labute approximate surface area is 176 Å². The van der Waals surface area contributed by atoms with E-state index in [0.29, 0.717) is 24.1 Å². The lowest BCUT2D eigenvalue weighted by Crippen LogP contribution is -2.41. The highest BCUT2D eigenvalue weighted by atomic mass is 19.1. The van der Waals surface area contributed by atoms with Gasteiger partial charge >= 0.3 is 0 Å². The van der Waals surface area contributed by atoms with E-state index in [9.17, 15) is 9.18 Å². The van der Waals surface area contributed by atoms with Crippen molar-refractivity contribution in [2.24, 2.45) is 5.73 Å². The summed E-state index contributed by atoms with van der Waals surface area (Å²) in [5.74, 6) is 0.239. The third kappa shape index (κ3) is 5.28. The van der Waals surface area contributed by atoms with Gasteiger partial charge in [0.15, 0.2) is 5.82 Å². The zero-order chi connectivity index (χ0) is 21.5. The molecule has 30 heavy (non-hydrogen) atoms. The molecule has 0 unspecified atom stereocenters. The van der Waals surface area contributed by atoms with E-state index in [1.54, 1.807) is 31.3 Å². The highest BCUT2D eigenvalue weighted by Gasteiger charge is 2.25. The molecule has 2 aromatic rings. The number of para-hydroxylation sites is 1. The van der Waals surface area contributed by atoms with E-state index in [1.165, 1.54) is 12.5 Å². The van der Waals surface area contributed by atoms with Crippen molar-refractivity contribution < 1.29 is 9.18 Å². The van der Waals surface area contributed by atoms with Gasteiger partial charge in [-0.25, -0.2) is 9.37 Å². The minimum Gasteiger partial charge on any atom is -0.384 e. The maximum Gasteiger partial charge on any atom is 0.239 e. The molecule has 1 fully saturated rings. The van der Waals surface area contributed by atoms with Crippen LogP contribution in [-0.4, -0.2) is 41.7 Å². The molecule has 8 nitrogen and oxygen atoms in total. The van der Waals surface area contributed by atoms with Crippen LogP contribution in [0.4, 0.5) is 27.5 Å². The van der Waals surface area contributed by atoms with Crippen LogP contribution in [0.15, 0.2) is 30.5 Å². The number of amides is 1. The molecular formula is C21H30FN7O. The molecule has 1 aromatic heterocycles. The summed E-state index contributed by atoms with van der Waals surface area (Å²) in [5.41, 5.74) is 6.56. The minimum atomic E-state index is -0.599. The molecule has 1 aliphatic rings. The quantitative estimate of drug-likeness (QED) is 0.466. The smallest absolute Gasteiger partial charge is 0.239 e. The highest BCUT2D eigenvalue weighted by Crippen LogP contribution is 2.31. The molecule has 0 bridgehead atoms. The van der Waals surface area contributed by atoms with Crippen LogP contribution >= 0.6 is 0 Å². The van der Waals surface area contributed by atoms with Gasteiger partial charge in [0.05, 0.1) is 24.2 Å². The number of carbonyl (C=O) groups is 1. The van der Waals surface area contributed by atoms with Gasteiger partial charge in [0.25, 0.3) is 0 Å². The zero-order valence-electron chi connectivity index (χ0n) is 17.5. The summed E-state index contributed by atoms with van der Waals surface area (Å²) in [6.07, 6.45) is 7.25. The lowest BCUT2D eigenvalue weighted by Gasteiger charge is -2.36. The Hall–Kier alpha value is -3.10. The summed E-state index contributed by atoms with van der Waals surface area (Å²) >= 11 is 0. The second-order valence-electron chi connectivity index (χ2n) is 7.53. The number of hydrogen-bond donors (Lipinski definition) is 4. The van der Waals surface area contributed by atoms with Crippen molar-refractivity contribution in [1.29, 1.82) is 0 Å². The molecule has 0 radical (unpaired) electrons. The number of benzene rings is 1. The average molecular weight is 416 g/mol. The molecule has 1 aliphatic carbocycles. The van der Waals surface area contributed by atoms with Crippen LogP contribution in [0.2, 0.25) is 0 Å². The summed E-state index contributed by atoms with van der Waals surface area (Å²) in [6, 6.07) is 6.28. The summed E-state index contributed by atoms with van der Waals surface area (Å²) < 4.78 is 14.1. The van der Waals surface area contributed by atoms with Gasteiger partial charge in [-0.15, -0.1) is 0 Å². The molecule has 162 valence electrons. The van der Waals surface area contributed by atoms with Crippen molar-refractivity contribution in [3.05, 3.63) is 36.3 Å². The molecular weight excluding hydrogens is 385 g/mol. The first-order valence-corrected chi connectivity index (χ1v) is 10.3. The standard InChI is InChI=1S/C21H30FN7O/c1-14(19(23)30)27-21-25-12-18(24-2)20(28-21)29(15-8-4-3-5-9-15)13-26-17-11-7-6-10-16(17)22/h6-7,10-12,14-15,24,26H,3-5,8-9,13H2,1-2H3,(H2,23,30)(H,25,27,28)/t14-/m1/s1. The van der Waals surface area contributed by atoms with E-state index < -0.39 is 11.9 Å². The van der Waals surface area contributed by atoms with Crippen LogP contribution in [0.25, 0.3) is 0 Å². The Kier molecular flexibility index (Phi) is 7.26. The number of aromatic nitrogens is 2. The number of hydrogen-bond acceptors (Lipinski definition) is 7. The SMILES string of the molecule is CNc1cnc(N[C@H](C)C(N)=O)nc1N(CNc1ccccc1F)C1CCCCC1. The number of primary amides is 1. The highest BCUT2D eigenvalue weighted by molar-refractivity contribution is 5.82. The maximum absolute atomic E-state index is 14.1. The van der Waals surface area contributed by atoms with Crippen LogP contribution in [0.1, 0.15) is 39.0 Å². The molecule has 1 atom stereocenters. The molecule has 1 heterocycles. The largest absolute Gasteiger partial charge is 0.384 e. The van der Waals surface area contributed by atoms with Crippen LogP contribution in [0, 0.1) is 5.82 Å². The fraction of sp³-hybridized carbons (Fsp3) is 0.476. The first-order chi connectivity index (χ1) is 14.5. The van der Waals surface area contributed by atoms with E-state index in [0.717, 1.165) is 31.4 Å². The summed E-state index contributed by atoms with van der Waals surface area (Å²) in [7, 11) is 1.81. The molecule has 1 amide bonds. The zero-order valence-corrected chi connectivity index (χ0v) is 17.5. The van der Waals surface area contributed by atoms with Crippen molar-refractivity contribution in [3.8, 4) is 0 Å². The van der Waals surface area contributed by atoms with Crippen LogP contribution in [0.5, 0.6) is 0 Å². The predicted octanol–water partition coefficient (Wildman–Crippen LogP) is 3.15. The lowest BCUT2D eigenvalue weighted by atomic mass is 9.94. The van der Waals surface area contributed by atoms with Gasteiger partial charge in [0.2, 0.25) is 11.9 Å². The van der Waals surface area contributed by atoms with Crippen LogP contribution < -0.4 is 26.6 Å². The number of carbonyl (C=O) groups excluding carboxylic acids is 1. The van der Waals surface area contributed by atoms with Crippen LogP contribution in [-0.2, 0) is 4.79 Å². The second-order valence-corrected chi connectivity index (χ2v) is 7.53. The number of nitrogens with zero attached hydrogens (tertiary/aromatic N) is 3. The van der Waals surface area contributed by atoms with Crippen molar-refractivity contribution in [2.45, 2.75) is 51.1 Å². The molecule has 9 heteroatoms. The topological polar surface area (TPSA) is 108 Å². The van der Waals surface area contributed by atoms with E-state index in [4.69, 9.17) is 5.73 Å². The number of rotatable bonds is 9. The fourth-order valence-corrected chi connectivity index (χ4v) is 3.65. The molecule has 1 aromatic carbocycles. The summed E-state index contributed by atoms with van der Waals surface area (Å²) in [6.45, 7) is 2.05. The van der Waals surface area contributed by atoms with Gasteiger partial charge in [0, 0.05) is 13.1 Å². The van der Waals surface area contributed by atoms with Gasteiger partial charge in [-0.1, -0.05) is 31.4 Å². The van der Waals surface area contributed by atoms with Gasteiger partial charge in [-0.2, -0.15) is 4.98 Å². The normalized spacial score (nSPS) is 15.3. The third-order valence-corrected chi connectivity index (χ3v) is 5.41. The van der Waals surface area contributed by atoms with Gasteiger partial charge < -0.3 is 26.6 Å². The molecule has 0 saturated heterocycles. The van der Waals surface area contributed by atoms with Gasteiger partial charge in [-0.3, -0.25) is 4.79 Å². The van der Waals surface area contributed by atoms with Gasteiger partial charge in [0.1, 0.15) is 11.9 Å². The Bertz CT molecular complexity index is 857. The van der Waals surface area contributed by atoms with Crippen molar-refractivity contribution in [2.75, 3.05) is 34.6 Å². The van der Waals surface area contributed by atoms with E-state index in [-0.39, 0.29) is 11.9 Å². The van der Waals surface area contributed by atoms with Gasteiger partial charge in [-0.05, 0) is 31.9 Å². The molecule has 0 aliphatic heterocycles. The van der Waals surface area contributed by atoms with E-state index in [1.807, 2.05) is 7.05 Å². The number of nitrogens with two attached hydrogens (primary N) is 1. The first kappa shape index (κ1) is 21.6. The van der Waals surface area contributed by atoms with E-state index in [2.05, 4.69) is 30.8 Å². The monoisotopic (exact) mass is 415 g/mol. The number of anilines is 4. The molecule has 5 N–H and O–H groups in total. The lowest BCUT2D eigenvalue weighted by molar-refractivity contribution is -0.118. The Morgan fingerprint density at radius 2 is 2.00 bits per heavy atom. The Balaban J connectivity index is 1.90. The minimum absolute atomic E-state index is 0.265. The van der Waals surface area contributed by atoms with Crippen LogP contribution in [0.3, 0.4) is 0 Å². The number of halogens is 1. The predicted molar refractivity (Wildman–Crippen MR) is 118 cm³/mol. The fourth-order valence-electron chi connectivity index (χ4n) is 3.65. The first-order valence-electron chi connectivity index (χ1n) is 10.3. The molecule has 0 spiro atoms. The van der Waals surface area contributed by atoms with E-state index >= 15 is 0 Å². The summed E-state index contributed by atoms with van der Waals surface area (Å²) in [4.78, 5) is 22.5. The Morgan fingerprint density at radius 3 is 2.67 bits per heavy atom. The van der Waals surface area contributed by atoms with Crippen molar-refractivity contribution >= 4 is 29.0 Å². The second kappa shape index (κ2) is 10.1. The average Bonchev–Trinajstić information content (AvgIpc) is 2.76. The third-order valence-electron chi connectivity index (χ3n) is 5.41.